The molecule has 0 aromatic heterocycles. The molecule has 0 spiro atoms. The van der Waals surface area contributed by atoms with Gasteiger partial charge >= 0.3 is 5.97 Å². The van der Waals surface area contributed by atoms with Crippen LogP contribution in [0.4, 0.5) is 0 Å². The molecule has 0 bridgehead atoms. The first-order valence-corrected chi connectivity index (χ1v) is 7.08. The molecule has 20 heavy (non-hydrogen) atoms. The fourth-order valence-electron chi connectivity index (χ4n) is 2.52. The van der Waals surface area contributed by atoms with E-state index in [4.69, 9.17) is 9.47 Å². The van der Waals surface area contributed by atoms with Crippen LogP contribution in [0.1, 0.15) is 25.8 Å². The zero-order valence-corrected chi connectivity index (χ0v) is 11.9. The smallest absolute Gasteiger partial charge is 0.316 e. The molecule has 1 aromatic rings. The topological polar surface area (TPSA) is 52.6 Å². The summed E-state index contributed by atoms with van der Waals surface area (Å²) in [6.45, 7) is 4.21. The van der Waals surface area contributed by atoms with Gasteiger partial charge in [0.05, 0.1) is 19.1 Å². The second kappa shape index (κ2) is 6.55. The van der Waals surface area contributed by atoms with Crippen molar-refractivity contribution in [2.24, 2.45) is 11.8 Å². The number of carbonyl (C=O) groups excluding carboxylic acids is 2. The number of rotatable bonds is 5. The Kier molecular flexibility index (Phi) is 4.77. The number of Topliss-reactive ketones (excluding diaryl/α,β-unsaturated/α-hetero) is 1. The molecule has 1 aliphatic heterocycles. The van der Waals surface area contributed by atoms with Crippen LogP contribution >= 0.6 is 0 Å². The number of benzene rings is 1. The second-order valence-corrected chi connectivity index (χ2v) is 4.94. The standard InChI is InChI=1S/C16H20O4/c1-3-13(16(18)19-4-2)15(17)12-9-11-7-5-6-8-14(11)20-10-12/h5-8,12-13H,3-4,9-10H2,1-2H3. The summed E-state index contributed by atoms with van der Waals surface area (Å²) in [5, 5.41) is 0. The number of fused-ring (bicyclic) bond motifs is 1. The van der Waals surface area contributed by atoms with E-state index in [0.29, 0.717) is 26.1 Å². The molecule has 4 heteroatoms. The lowest BCUT2D eigenvalue weighted by molar-refractivity contribution is -0.153. The normalized spacial score (nSPS) is 18.6. The first-order chi connectivity index (χ1) is 9.67. The molecule has 0 fully saturated rings. The zero-order valence-electron chi connectivity index (χ0n) is 11.9. The minimum atomic E-state index is -0.672. The van der Waals surface area contributed by atoms with Crippen molar-refractivity contribution in [3.63, 3.8) is 0 Å². The summed E-state index contributed by atoms with van der Waals surface area (Å²) in [7, 11) is 0. The van der Waals surface area contributed by atoms with E-state index in [2.05, 4.69) is 0 Å². The Morgan fingerprint density at radius 2 is 2.10 bits per heavy atom. The monoisotopic (exact) mass is 276 g/mol. The highest BCUT2D eigenvalue weighted by Crippen LogP contribution is 2.29. The highest BCUT2D eigenvalue weighted by atomic mass is 16.5. The van der Waals surface area contributed by atoms with Crippen molar-refractivity contribution >= 4 is 11.8 Å². The predicted molar refractivity (Wildman–Crippen MR) is 74.6 cm³/mol. The van der Waals surface area contributed by atoms with Gasteiger partial charge in [0, 0.05) is 0 Å². The maximum atomic E-state index is 12.5. The summed E-state index contributed by atoms with van der Waals surface area (Å²) >= 11 is 0. The van der Waals surface area contributed by atoms with Crippen LogP contribution in [0.15, 0.2) is 24.3 Å². The Morgan fingerprint density at radius 1 is 1.35 bits per heavy atom. The van der Waals surface area contributed by atoms with Crippen molar-refractivity contribution in [3.8, 4) is 5.75 Å². The molecule has 2 rings (SSSR count). The van der Waals surface area contributed by atoms with Crippen molar-refractivity contribution in [1.29, 1.82) is 0 Å². The molecule has 0 N–H and O–H groups in total. The third-order valence-electron chi connectivity index (χ3n) is 3.60. The molecule has 0 saturated heterocycles. The van der Waals surface area contributed by atoms with E-state index in [1.807, 2.05) is 31.2 Å². The lowest BCUT2D eigenvalue weighted by atomic mass is 9.85. The zero-order chi connectivity index (χ0) is 14.5. The van der Waals surface area contributed by atoms with E-state index in [-0.39, 0.29) is 11.7 Å². The molecule has 1 aliphatic rings. The molecule has 4 nitrogen and oxygen atoms in total. The van der Waals surface area contributed by atoms with Crippen molar-refractivity contribution in [3.05, 3.63) is 29.8 Å². The minimum Gasteiger partial charge on any atom is -0.493 e. The van der Waals surface area contributed by atoms with Crippen molar-refractivity contribution < 1.29 is 19.1 Å². The van der Waals surface area contributed by atoms with Crippen molar-refractivity contribution in [2.75, 3.05) is 13.2 Å². The van der Waals surface area contributed by atoms with Gasteiger partial charge in [0.25, 0.3) is 0 Å². The molecule has 0 radical (unpaired) electrons. The fraction of sp³-hybridized carbons (Fsp3) is 0.500. The Morgan fingerprint density at radius 3 is 2.80 bits per heavy atom. The van der Waals surface area contributed by atoms with Gasteiger partial charge in [0.15, 0.2) is 5.78 Å². The largest absolute Gasteiger partial charge is 0.493 e. The second-order valence-electron chi connectivity index (χ2n) is 4.94. The minimum absolute atomic E-state index is 0.0690. The molecule has 108 valence electrons. The molecule has 2 atom stereocenters. The summed E-state index contributed by atoms with van der Waals surface area (Å²) in [5.74, 6) is -0.590. The number of hydrogen-bond acceptors (Lipinski definition) is 4. The van der Waals surface area contributed by atoms with Crippen LogP contribution in [0.5, 0.6) is 5.75 Å². The summed E-state index contributed by atoms with van der Waals surface area (Å²) in [4.78, 5) is 24.3. The summed E-state index contributed by atoms with van der Waals surface area (Å²) in [6.07, 6.45) is 1.10. The Labute approximate surface area is 119 Å². The van der Waals surface area contributed by atoms with Gasteiger partial charge in [-0.15, -0.1) is 0 Å². The van der Waals surface area contributed by atoms with Crippen molar-refractivity contribution in [1.82, 2.24) is 0 Å². The van der Waals surface area contributed by atoms with Gasteiger partial charge in [-0.2, -0.15) is 0 Å². The number of ketones is 1. The maximum Gasteiger partial charge on any atom is 0.316 e. The predicted octanol–water partition coefficient (Wildman–Crippen LogP) is 2.40. The summed E-state index contributed by atoms with van der Waals surface area (Å²) in [6, 6.07) is 7.70. The Balaban J connectivity index is 2.08. The van der Waals surface area contributed by atoms with Crippen LogP contribution < -0.4 is 4.74 Å². The van der Waals surface area contributed by atoms with Gasteiger partial charge in [-0.1, -0.05) is 25.1 Å². The van der Waals surface area contributed by atoms with Crippen molar-refractivity contribution in [2.45, 2.75) is 26.7 Å². The van der Waals surface area contributed by atoms with E-state index in [1.165, 1.54) is 0 Å². The van der Waals surface area contributed by atoms with E-state index in [9.17, 15) is 9.59 Å². The highest BCUT2D eigenvalue weighted by molar-refractivity contribution is 6.00. The lowest BCUT2D eigenvalue weighted by Gasteiger charge is -2.26. The van der Waals surface area contributed by atoms with Gasteiger partial charge in [-0.05, 0) is 31.4 Å². The van der Waals surface area contributed by atoms with Crippen LogP contribution in [-0.4, -0.2) is 25.0 Å². The average molecular weight is 276 g/mol. The number of hydrogen-bond donors (Lipinski definition) is 0. The highest BCUT2D eigenvalue weighted by Gasteiger charge is 2.34. The van der Waals surface area contributed by atoms with Gasteiger partial charge in [0.1, 0.15) is 11.7 Å². The van der Waals surface area contributed by atoms with E-state index in [0.717, 1.165) is 11.3 Å². The Hall–Kier alpha value is -1.84. The van der Waals surface area contributed by atoms with Gasteiger partial charge in [-0.3, -0.25) is 9.59 Å². The first-order valence-electron chi connectivity index (χ1n) is 7.08. The van der Waals surface area contributed by atoms with Gasteiger partial charge in [-0.25, -0.2) is 0 Å². The maximum absolute atomic E-state index is 12.5. The average Bonchev–Trinajstić information content (AvgIpc) is 2.47. The van der Waals surface area contributed by atoms with Crippen LogP contribution in [0.25, 0.3) is 0 Å². The number of ether oxygens (including phenoxy) is 2. The van der Waals surface area contributed by atoms with Gasteiger partial charge in [0.2, 0.25) is 0 Å². The third kappa shape index (κ3) is 3.00. The summed E-state index contributed by atoms with van der Waals surface area (Å²) in [5.41, 5.74) is 1.02. The molecule has 0 amide bonds. The Bertz CT molecular complexity index is 495. The molecule has 0 saturated carbocycles. The molecular weight excluding hydrogens is 256 g/mol. The SMILES string of the molecule is CCOC(=O)C(CC)C(=O)C1COc2ccccc2C1. The summed E-state index contributed by atoms with van der Waals surface area (Å²) < 4.78 is 10.6. The first kappa shape index (κ1) is 14.6. The number of para-hydroxylation sites is 1. The van der Waals surface area contributed by atoms with Crippen LogP contribution in [0, 0.1) is 11.8 Å². The molecule has 1 heterocycles. The molecule has 0 aliphatic carbocycles. The third-order valence-corrected chi connectivity index (χ3v) is 3.60. The fourth-order valence-corrected chi connectivity index (χ4v) is 2.52. The molecular formula is C16H20O4. The van der Waals surface area contributed by atoms with Crippen LogP contribution in [-0.2, 0) is 20.7 Å². The molecule has 1 aromatic carbocycles. The van der Waals surface area contributed by atoms with E-state index >= 15 is 0 Å². The van der Waals surface area contributed by atoms with E-state index < -0.39 is 11.9 Å². The van der Waals surface area contributed by atoms with Crippen LogP contribution in [0.3, 0.4) is 0 Å². The molecule has 2 unspecified atom stereocenters. The lowest BCUT2D eigenvalue weighted by Crippen LogP contribution is -2.36. The van der Waals surface area contributed by atoms with Crippen LogP contribution in [0.2, 0.25) is 0 Å². The quantitative estimate of drug-likeness (QED) is 0.612. The van der Waals surface area contributed by atoms with E-state index in [1.54, 1.807) is 6.92 Å². The number of esters is 1. The van der Waals surface area contributed by atoms with Gasteiger partial charge < -0.3 is 9.47 Å². The number of carbonyl (C=O) groups is 2.